The number of halogens is 1. The molecular formula is C15H23BrN2O. The van der Waals surface area contributed by atoms with Gasteiger partial charge in [0.15, 0.2) is 0 Å². The fourth-order valence-corrected chi connectivity index (χ4v) is 1.85. The molecule has 0 heterocycles. The topological polar surface area (TPSA) is 41.1 Å². The van der Waals surface area contributed by atoms with Gasteiger partial charge in [0.25, 0.3) is 0 Å². The Labute approximate surface area is 124 Å². The van der Waals surface area contributed by atoms with Crippen LogP contribution in [0.25, 0.3) is 0 Å². The van der Waals surface area contributed by atoms with Crippen molar-refractivity contribution in [3.63, 3.8) is 0 Å². The van der Waals surface area contributed by atoms with Crippen LogP contribution in [0, 0.1) is 5.92 Å². The van der Waals surface area contributed by atoms with Crippen molar-refractivity contribution in [1.82, 2.24) is 10.6 Å². The van der Waals surface area contributed by atoms with Crippen LogP contribution in [0.3, 0.4) is 0 Å². The maximum atomic E-state index is 11.8. The summed E-state index contributed by atoms with van der Waals surface area (Å²) in [6.45, 7) is 8.63. The standard InChI is InChI=1S/C15H23BrN2O/c1-10(2)11(3)18-15(19)9-17-12(4)13-5-7-14(16)8-6-13/h5-8,10-12,17H,9H2,1-4H3,(H,18,19). The maximum absolute atomic E-state index is 11.8. The zero-order chi connectivity index (χ0) is 14.4. The van der Waals surface area contributed by atoms with E-state index >= 15 is 0 Å². The van der Waals surface area contributed by atoms with E-state index in [-0.39, 0.29) is 18.0 Å². The van der Waals surface area contributed by atoms with Gasteiger partial charge in [0.2, 0.25) is 5.91 Å². The van der Waals surface area contributed by atoms with E-state index in [2.05, 4.69) is 59.5 Å². The highest BCUT2D eigenvalue weighted by molar-refractivity contribution is 9.10. The van der Waals surface area contributed by atoms with Crippen LogP contribution in [0.15, 0.2) is 28.7 Å². The van der Waals surface area contributed by atoms with Crippen molar-refractivity contribution in [2.45, 2.75) is 39.8 Å². The zero-order valence-electron chi connectivity index (χ0n) is 12.0. The molecule has 19 heavy (non-hydrogen) atoms. The predicted molar refractivity (Wildman–Crippen MR) is 83.0 cm³/mol. The first kappa shape index (κ1) is 16.2. The van der Waals surface area contributed by atoms with Gasteiger partial charge >= 0.3 is 0 Å². The number of hydrogen-bond donors (Lipinski definition) is 2. The van der Waals surface area contributed by atoms with Gasteiger partial charge in [-0.15, -0.1) is 0 Å². The van der Waals surface area contributed by atoms with Gasteiger partial charge in [0.1, 0.15) is 0 Å². The molecule has 106 valence electrons. The summed E-state index contributed by atoms with van der Waals surface area (Å²) in [7, 11) is 0. The van der Waals surface area contributed by atoms with Crippen LogP contribution < -0.4 is 10.6 Å². The van der Waals surface area contributed by atoms with Gasteiger partial charge in [-0.1, -0.05) is 41.9 Å². The molecule has 3 nitrogen and oxygen atoms in total. The highest BCUT2D eigenvalue weighted by atomic mass is 79.9. The number of carbonyl (C=O) groups is 1. The first-order valence-corrected chi connectivity index (χ1v) is 7.47. The van der Waals surface area contributed by atoms with E-state index in [9.17, 15) is 4.79 Å². The molecule has 0 spiro atoms. The third kappa shape index (κ3) is 5.74. The van der Waals surface area contributed by atoms with Gasteiger partial charge in [-0.3, -0.25) is 4.79 Å². The lowest BCUT2D eigenvalue weighted by Gasteiger charge is -2.19. The zero-order valence-corrected chi connectivity index (χ0v) is 13.6. The molecule has 2 N–H and O–H groups in total. The number of nitrogens with one attached hydrogen (secondary N) is 2. The molecule has 1 rings (SSSR count). The van der Waals surface area contributed by atoms with Gasteiger partial charge in [-0.05, 0) is 37.5 Å². The van der Waals surface area contributed by atoms with Crippen molar-refractivity contribution in [2.24, 2.45) is 5.92 Å². The van der Waals surface area contributed by atoms with Crippen molar-refractivity contribution in [3.8, 4) is 0 Å². The SMILES string of the molecule is CC(NCC(=O)NC(C)C(C)C)c1ccc(Br)cc1. The van der Waals surface area contributed by atoms with Crippen molar-refractivity contribution in [2.75, 3.05) is 6.54 Å². The number of rotatable bonds is 6. The molecule has 2 atom stereocenters. The highest BCUT2D eigenvalue weighted by Gasteiger charge is 2.12. The number of hydrogen-bond acceptors (Lipinski definition) is 2. The third-order valence-electron chi connectivity index (χ3n) is 3.33. The Bertz CT molecular complexity index is 403. The smallest absolute Gasteiger partial charge is 0.234 e. The molecule has 0 fully saturated rings. The van der Waals surface area contributed by atoms with E-state index < -0.39 is 0 Å². The summed E-state index contributed by atoms with van der Waals surface area (Å²) in [4.78, 5) is 11.8. The Hall–Kier alpha value is -0.870. The van der Waals surface area contributed by atoms with Crippen molar-refractivity contribution in [3.05, 3.63) is 34.3 Å². The molecule has 0 bridgehead atoms. The Balaban J connectivity index is 2.39. The Kier molecular flexibility index (Phi) is 6.52. The second kappa shape index (κ2) is 7.65. The van der Waals surface area contributed by atoms with Crippen LogP contribution in [0.4, 0.5) is 0 Å². The van der Waals surface area contributed by atoms with E-state index in [0.29, 0.717) is 12.5 Å². The Morgan fingerprint density at radius 3 is 2.26 bits per heavy atom. The molecule has 1 aromatic carbocycles. The van der Waals surface area contributed by atoms with Crippen LogP contribution in [-0.2, 0) is 4.79 Å². The average molecular weight is 327 g/mol. The lowest BCUT2D eigenvalue weighted by molar-refractivity contribution is -0.121. The maximum Gasteiger partial charge on any atom is 0.234 e. The fraction of sp³-hybridized carbons (Fsp3) is 0.533. The van der Waals surface area contributed by atoms with Crippen molar-refractivity contribution >= 4 is 21.8 Å². The summed E-state index contributed by atoms with van der Waals surface area (Å²) < 4.78 is 1.06. The van der Waals surface area contributed by atoms with E-state index in [1.54, 1.807) is 0 Å². The van der Waals surface area contributed by atoms with E-state index in [4.69, 9.17) is 0 Å². The molecule has 0 aliphatic heterocycles. The fourth-order valence-electron chi connectivity index (χ4n) is 1.59. The largest absolute Gasteiger partial charge is 0.352 e. The number of carbonyl (C=O) groups excluding carboxylic acids is 1. The summed E-state index contributed by atoms with van der Waals surface area (Å²) in [6.07, 6.45) is 0. The monoisotopic (exact) mass is 326 g/mol. The normalized spacial score (nSPS) is 14.2. The summed E-state index contributed by atoms with van der Waals surface area (Å²) in [5.41, 5.74) is 1.17. The lowest BCUT2D eigenvalue weighted by atomic mass is 10.1. The van der Waals surface area contributed by atoms with E-state index in [0.717, 1.165) is 4.47 Å². The minimum Gasteiger partial charge on any atom is -0.352 e. The molecule has 0 aliphatic rings. The molecule has 0 aliphatic carbocycles. The quantitative estimate of drug-likeness (QED) is 0.842. The molecule has 1 amide bonds. The molecule has 0 aromatic heterocycles. The number of amides is 1. The Morgan fingerprint density at radius 2 is 1.74 bits per heavy atom. The predicted octanol–water partition coefficient (Wildman–Crippen LogP) is 3.26. The lowest BCUT2D eigenvalue weighted by Crippen LogP contribution is -2.41. The van der Waals surface area contributed by atoms with Crippen LogP contribution >= 0.6 is 15.9 Å². The van der Waals surface area contributed by atoms with Gasteiger partial charge in [-0.25, -0.2) is 0 Å². The summed E-state index contributed by atoms with van der Waals surface area (Å²) in [6, 6.07) is 8.49. The molecule has 0 radical (unpaired) electrons. The molecule has 1 aromatic rings. The van der Waals surface area contributed by atoms with Crippen molar-refractivity contribution < 1.29 is 4.79 Å². The van der Waals surface area contributed by atoms with Crippen LogP contribution in [0.2, 0.25) is 0 Å². The van der Waals surface area contributed by atoms with Crippen LogP contribution in [0.5, 0.6) is 0 Å². The second-order valence-electron chi connectivity index (χ2n) is 5.25. The third-order valence-corrected chi connectivity index (χ3v) is 3.86. The van der Waals surface area contributed by atoms with Gasteiger partial charge in [0, 0.05) is 16.6 Å². The van der Waals surface area contributed by atoms with Gasteiger partial charge < -0.3 is 10.6 Å². The summed E-state index contributed by atoms with van der Waals surface area (Å²) in [5, 5.41) is 6.22. The summed E-state index contributed by atoms with van der Waals surface area (Å²) in [5.74, 6) is 0.498. The minimum absolute atomic E-state index is 0.0464. The molecule has 2 unspecified atom stereocenters. The average Bonchev–Trinajstić information content (AvgIpc) is 2.36. The van der Waals surface area contributed by atoms with Crippen LogP contribution in [-0.4, -0.2) is 18.5 Å². The highest BCUT2D eigenvalue weighted by Crippen LogP contribution is 2.16. The minimum atomic E-state index is 0.0464. The van der Waals surface area contributed by atoms with E-state index in [1.165, 1.54) is 5.56 Å². The molecule has 0 saturated heterocycles. The second-order valence-corrected chi connectivity index (χ2v) is 6.17. The number of benzene rings is 1. The van der Waals surface area contributed by atoms with Crippen molar-refractivity contribution in [1.29, 1.82) is 0 Å². The van der Waals surface area contributed by atoms with E-state index in [1.807, 2.05) is 19.1 Å². The first-order chi connectivity index (χ1) is 8.90. The Morgan fingerprint density at radius 1 is 1.16 bits per heavy atom. The van der Waals surface area contributed by atoms with Crippen LogP contribution in [0.1, 0.15) is 39.3 Å². The first-order valence-electron chi connectivity index (χ1n) is 6.68. The van der Waals surface area contributed by atoms with Gasteiger partial charge in [0.05, 0.1) is 6.54 Å². The molecular weight excluding hydrogens is 304 g/mol. The summed E-state index contributed by atoms with van der Waals surface area (Å²) >= 11 is 3.41. The van der Waals surface area contributed by atoms with Gasteiger partial charge in [-0.2, -0.15) is 0 Å². The molecule has 4 heteroatoms. The molecule has 0 saturated carbocycles.